The summed E-state index contributed by atoms with van der Waals surface area (Å²) in [5, 5.41) is 13.3. The molecular formula is C22H23N3O3S. The summed E-state index contributed by atoms with van der Waals surface area (Å²) in [7, 11) is 0. The van der Waals surface area contributed by atoms with Crippen molar-refractivity contribution in [3.63, 3.8) is 0 Å². The van der Waals surface area contributed by atoms with Crippen LogP contribution in [0.1, 0.15) is 36.6 Å². The summed E-state index contributed by atoms with van der Waals surface area (Å²) in [6.07, 6.45) is 4.53. The molecule has 2 unspecified atom stereocenters. The molecule has 2 aromatic carbocycles. The summed E-state index contributed by atoms with van der Waals surface area (Å²) in [5.41, 5.74) is 4.29. The molecule has 3 aromatic rings. The highest BCUT2D eigenvalue weighted by atomic mass is 32.2. The average molecular weight is 410 g/mol. The largest absolute Gasteiger partial charge is 0.593 e. The topological polar surface area (TPSA) is 90.2 Å². The average Bonchev–Trinajstić information content (AvgIpc) is 3.17. The minimum Gasteiger partial charge on any atom is -0.593 e. The van der Waals surface area contributed by atoms with Gasteiger partial charge in [-0.3, -0.25) is 9.48 Å². The van der Waals surface area contributed by atoms with Crippen LogP contribution >= 0.6 is 0 Å². The van der Waals surface area contributed by atoms with Gasteiger partial charge in [0.15, 0.2) is 4.90 Å². The van der Waals surface area contributed by atoms with Gasteiger partial charge in [0.2, 0.25) is 0 Å². The van der Waals surface area contributed by atoms with Crippen LogP contribution in [0.3, 0.4) is 0 Å². The van der Waals surface area contributed by atoms with Crippen molar-refractivity contribution in [2.45, 2.75) is 43.2 Å². The molecule has 0 fully saturated rings. The van der Waals surface area contributed by atoms with Crippen LogP contribution in [0, 0.1) is 0 Å². The minimum atomic E-state index is -1.34. The van der Waals surface area contributed by atoms with E-state index in [1.54, 1.807) is 10.9 Å². The van der Waals surface area contributed by atoms with E-state index >= 15 is 0 Å². The Morgan fingerprint density at radius 1 is 1.17 bits per heavy atom. The molecule has 2 atom stereocenters. The molecule has 0 aliphatic heterocycles. The Morgan fingerprint density at radius 3 is 2.62 bits per heavy atom. The molecule has 0 bridgehead atoms. The third kappa shape index (κ3) is 4.53. The summed E-state index contributed by atoms with van der Waals surface area (Å²) in [6, 6.07) is 17.8. The van der Waals surface area contributed by atoms with Gasteiger partial charge in [-0.15, -0.1) is 4.72 Å². The Bertz CT molecular complexity index is 973. The smallest absolute Gasteiger partial charge is 0.305 e. The second-order valence-electron chi connectivity index (χ2n) is 7.14. The molecule has 150 valence electrons. The third-order valence-corrected chi connectivity index (χ3v) is 6.42. The van der Waals surface area contributed by atoms with Gasteiger partial charge in [0.05, 0.1) is 36.6 Å². The van der Waals surface area contributed by atoms with E-state index < -0.39 is 17.3 Å². The minimum absolute atomic E-state index is 0.0475. The first-order chi connectivity index (χ1) is 14.1. The lowest BCUT2D eigenvalue weighted by atomic mass is 9.94. The number of rotatable bonds is 7. The molecule has 29 heavy (non-hydrogen) atoms. The monoisotopic (exact) mass is 409 g/mol. The fourth-order valence-corrected chi connectivity index (χ4v) is 4.76. The molecule has 0 spiro atoms. The molecule has 0 saturated heterocycles. The van der Waals surface area contributed by atoms with Gasteiger partial charge in [-0.2, -0.15) is 5.10 Å². The molecule has 6 nitrogen and oxygen atoms in total. The highest BCUT2D eigenvalue weighted by Crippen LogP contribution is 2.31. The first-order valence-corrected chi connectivity index (χ1v) is 10.9. The predicted octanol–water partition coefficient (Wildman–Crippen LogP) is 3.71. The first kappa shape index (κ1) is 19.7. The molecular weight excluding hydrogens is 386 g/mol. The van der Waals surface area contributed by atoms with Crippen LogP contribution in [0.15, 0.2) is 65.7 Å². The summed E-state index contributed by atoms with van der Waals surface area (Å²) in [5.74, 6) is -0.834. The third-order valence-electron chi connectivity index (χ3n) is 5.23. The molecule has 7 heteroatoms. The Labute approximate surface area is 172 Å². The molecule has 1 heterocycles. The molecule has 0 saturated carbocycles. The van der Waals surface area contributed by atoms with E-state index in [-0.39, 0.29) is 12.5 Å². The second-order valence-corrected chi connectivity index (χ2v) is 8.38. The molecule has 1 aliphatic carbocycles. The van der Waals surface area contributed by atoms with Crippen molar-refractivity contribution in [1.29, 1.82) is 0 Å². The Kier molecular flexibility index (Phi) is 5.99. The van der Waals surface area contributed by atoms with Crippen molar-refractivity contribution in [1.82, 2.24) is 14.5 Å². The number of fused-ring (bicyclic) bond motifs is 1. The number of benzene rings is 2. The zero-order chi connectivity index (χ0) is 20.2. The number of hydrogen-bond acceptors (Lipinski definition) is 4. The van der Waals surface area contributed by atoms with Crippen LogP contribution < -0.4 is 4.72 Å². The maximum atomic E-state index is 12.9. The highest BCUT2D eigenvalue weighted by Gasteiger charge is 2.28. The van der Waals surface area contributed by atoms with Crippen molar-refractivity contribution < 1.29 is 14.5 Å². The Morgan fingerprint density at radius 2 is 1.90 bits per heavy atom. The maximum Gasteiger partial charge on any atom is 0.305 e. The SMILES string of the molecule is O=C(O)CCn1ncc2c1CCCC2N[S+]([O-])c1ccc(-c2ccccc2)cc1. The summed E-state index contributed by atoms with van der Waals surface area (Å²) >= 11 is -1.34. The van der Waals surface area contributed by atoms with Crippen molar-refractivity contribution in [3.8, 4) is 11.1 Å². The van der Waals surface area contributed by atoms with Gasteiger partial charge in [0, 0.05) is 11.3 Å². The predicted molar refractivity (Wildman–Crippen MR) is 112 cm³/mol. The van der Waals surface area contributed by atoms with E-state index in [9.17, 15) is 9.35 Å². The Balaban J connectivity index is 1.45. The van der Waals surface area contributed by atoms with Crippen molar-refractivity contribution in [3.05, 3.63) is 72.1 Å². The Hall–Kier alpha value is -2.61. The van der Waals surface area contributed by atoms with Crippen molar-refractivity contribution >= 4 is 17.3 Å². The number of hydrogen-bond donors (Lipinski definition) is 2. The summed E-state index contributed by atoms with van der Waals surface area (Å²) < 4.78 is 17.9. The fraction of sp³-hybridized carbons (Fsp3) is 0.273. The van der Waals surface area contributed by atoms with Gasteiger partial charge in [0.25, 0.3) is 0 Å². The zero-order valence-corrected chi connectivity index (χ0v) is 16.8. The summed E-state index contributed by atoms with van der Waals surface area (Å²) in [4.78, 5) is 11.6. The van der Waals surface area contributed by atoms with Crippen LogP contribution in [0.4, 0.5) is 0 Å². The van der Waals surface area contributed by atoms with Gasteiger partial charge in [-0.1, -0.05) is 30.3 Å². The lowest BCUT2D eigenvalue weighted by Crippen LogP contribution is -2.31. The number of aromatic nitrogens is 2. The van der Waals surface area contributed by atoms with Gasteiger partial charge in [-0.25, -0.2) is 0 Å². The van der Waals surface area contributed by atoms with E-state index in [0.29, 0.717) is 6.54 Å². The van der Waals surface area contributed by atoms with E-state index in [4.69, 9.17) is 5.11 Å². The number of carboxylic acids is 1. The molecule has 1 aromatic heterocycles. The number of nitrogens with zero attached hydrogens (tertiary/aromatic N) is 2. The summed E-state index contributed by atoms with van der Waals surface area (Å²) in [6.45, 7) is 0.363. The van der Waals surface area contributed by atoms with Gasteiger partial charge in [0.1, 0.15) is 0 Å². The van der Waals surface area contributed by atoms with Gasteiger partial charge in [-0.05, 0) is 54.7 Å². The standard InChI is InChI=1S/C22H23N3O3S/c26-22(27)13-14-25-21-8-4-7-20(19(21)15-23-25)24-29(28)18-11-9-17(10-12-18)16-5-2-1-3-6-16/h1-3,5-6,9-12,15,20,24H,4,7-8,13-14H2,(H,26,27). The van der Waals surface area contributed by atoms with Crippen LogP contribution in [0.25, 0.3) is 11.1 Å². The number of aliphatic carboxylic acids is 1. The number of aryl methyl sites for hydroxylation is 1. The van der Waals surface area contributed by atoms with Crippen LogP contribution in [0.5, 0.6) is 0 Å². The number of carboxylic acid groups (broad SMARTS) is 1. The molecule has 0 radical (unpaired) electrons. The fourth-order valence-electron chi connectivity index (χ4n) is 3.73. The van der Waals surface area contributed by atoms with E-state index in [1.165, 1.54) is 0 Å². The number of nitrogens with one attached hydrogen (secondary N) is 1. The second kappa shape index (κ2) is 8.82. The van der Waals surface area contributed by atoms with E-state index in [1.807, 2.05) is 42.5 Å². The maximum absolute atomic E-state index is 12.9. The highest BCUT2D eigenvalue weighted by molar-refractivity contribution is 7.89. The van der Waals surface area contributed by atoms with Crippen molar-refractivity contribution in [2.24, 2.45) is 0 Å². The van der Waals surface area contributed by atoms with Crippen LogP contribution in [-0.4, -0.2) is 25.4 Å². The quantitative estimate of drug-likeness (QED) is 0.581. The lowest BCUT2D eigenvalue weighted by Gasteiger charge is -2.24. The normalized spacial score (nSPS) is 16.9. The zero-order valence-electron chi connectivity index (χ0n) is 16.0. The van der Waals surface area contributed by atoms with Gasteiger partial charge >= 0.3 is 5.97 Å². The lowest BCUT2D eigenvalue weighted by molar-refractivity contribution is -0.137. The molecule has 2 N–H and O–H groups in total. The van der Waals surface area contributed by atoms with E-state index in [2.05, 4.69) is 22.0 Å². The molecule has 0 amide bonds. The molecule has 4 rings (SSSR count). The molecule has 1 aliphatic rings. The van der Waals surface area contributed by atoms with Crippen molar-refractivity contribution in [2.75, 3.05) is 0 Å². The van der Waals surface area contributed by atoms with Crippen LogP contribution in [-0.2, 0) is 29.1 Å². The van der Waals surface area contributed by atoms with Gasteiger partial charge < -0.3 is 9.66 Å². The first-order valence-electron chi connectivity index (χ1n) is 9.71. The number of carbonyl (C=O) groups is 1. The van der Waals surface area contributed by atoms with E-state index in [0.717, 1.165) is 46.5 Å². The van der Waals surface area contributed by atoms with Crippen LogP contribution in [0.2, 0.25) is 0 Å².